The number of unbranched alkanes of at least 4 members (excludes halogenated alkanes) is 1. The molecule has 0 saturated heterocycles. The number of hydrogen-bond acceptors (Lipinski definition) is 4. The van der Waals surface area contributed by atoms with Crippen LogP contribution in [0.5, 0.6) is 0 Å². The normalized spacial score (nSPS) is 23.3. The van der Waals surface area contributed by atoms with Crippen LogP contribution < -0.4 is 0 Å². The lowest BCUT2D eigenvalue weighted by Crippen LogP contribution is -2.29. The molecule has 0 bridgehead atoms. The standard InChI is InChI=1S/C18H21NO3/c1-12-11-16-15(17(12)20)7-5-9-19(16)8-4-3-6-14-10-13(2)18(21)22-14/h6,10H,1,3-5,7-9,11H2,2H3/b14-6-. The summed E-state index contributed by atoms with van der Waals surface area (Å²) in [6.45, 7) is 7.58. The van der Waals surface area contributed by atoms with Crippen LogP contribution in [0.4, 0.5) is 0 Å². The van der Waals surface area contributed by atoms with Crippen molar-refractivity contribution >= 4 is 11.8 Å². The maximum absolute atomic E-state index is 12.0. The number of esters is 1. The van der Waals surface area contributed by atoms with Crippen molar-refractivity contribution in [1.29, 1.82) is 0 Å². The SMILES string of the molecule is C=C1CC2=C(CCCN2CCC/C=C2/C=C(C)C(=O)O2)C1=O. The first-order valence-electron chi connectivity index (χ1n) is 7.86. The van der Waals surface area contributed by atoms with Crippen molar-refractivity contribution < 1.29 is 14.3 Å². The minimum Gasteiger partial charge on any atom is -0.424 e. The molecule has 4 heteroatoms. The van der Waals surface area contributed by atoms with Gasteiger partial charge in [0.05, 0.1) is 0 Å². The maximum atomic E-state index is 12.0. The number of ether oxygens (including phenoxy) is 1. The van der Waals surface area contributed by atoms with Gasteiger partial charge in [-0.1, -0.05) is 6.58 Å². The second-order valence-corrected chi connectivity index (χ2v) is 6.09. The molecule has 0 N–H and O–H groups in total. The van der Waals surface area contributed by atoms with Crippen LogP contribution in [0.15, 0.2) is 46.9 Å². The van der Waals surface area contributed by atoms with Crippen molar-refractivity contribution in [1.82, 2.24) is 4.90 Å². The molecule has 3 aliphatic rings. The van der Waals surface area contributed by atoms with Crippen LogP contribution in [0.3, 0.4) is 0 Å². The first-order valence-corrected chi connectivity index (χ1v) is 7.86. The summed E-state index contributed by atoms with van der Waals surface area (Å²) in [5.41, 5.74) is 3.56. The molecule has 0 saturated carbocycles. The average molecular weight is 299 g/mol. The molecule has 0 radical (unpaired) electrons. The minimum atomic E-state index is -0.250. The fourth-order valence-corrected chi connectivity index (χ4v) is 3.24. The van der Waals surface area contributed by atoms with Crippen LogP contribution in [-0.4, -0.2) is 29.7 Å². The summed E-state index contributed by atoms with van der Waals surface area (Å²) in [4.78, 5) is 25.6. The number of rotatable bonds is 4. The van der Waals surface area contributed by atoms with Crippen LogP contribution in [0, 0.1) is 0 Å². The van der Waals surface area contributed by atoms with Gasteiger partial charge in [-0.3, -0.25) is 4.79 Å². The summed E-state index contributed by atoms with van der Waals surface area (Å²) in [7, 11) is 0. The third-order valence-corrected chi connectivity index (χ3v) is 4.43. The first-order chi connectivity index (χ1) is 10.6. The average Bonchev–Trinajstić information content (AvgIpc) is 2.97. The van der Waals surface area contributed by atoms with E-state index >= 15 is 0 Å². The molecule has 0 aromatic rings. The zero-order chi connectivity index (χ0) is 15.7. The Hall–Kier alpha value is -2.10. The summed E-state index contributed by atoms with van der Waals surface area (Å²) in [5.74, 6) is 0.575. The van der Waals surface area contributed by atoms with Gasteiger partial charge in [-0.25, -0.2) is 4.79 Å². The predicted molar refractivity (Wildman–Crippen MR) is 83.8 cm³/mol. The zero-order valence-electron chi connectivity index (χ0n) is 13.0. The van der Waals surface area contributed by atoms with Gasteiger partial charge in [-0.15, -0.1) is 0 Å². The second-order valence-electron chi connectivity index (χ2n) is 6.09. The zero-order valence-corrected chi connectivity index (χ0v) is 13.0. The van der Waals surface area contributed by atoms with Gasteiger partial charge in [0.1, 0.15) is 5.76 Å². The summed E-state index contributed by atoms with van der Waals surface area (Å²) in [6.07, 6.45) is 8.24. The van der Waals surface area contributed by atoms with Crippen LogP contribution >= 0.6 is 0 Å². The molecule has 2 heterocycles. The monoisotopic (exact) mass is 299 g/mol. The summed E-state index contributed by atoms with van der Waals surface area (Å²) < 4.78 is 5.11. The molecule has 3 rings (SSSR count). The van der Waals surface area contributed by atoms with E-state index < -0.39 is 0 Å². The lowest BCUT2D eigenvalue weighted by atomic mass is 10.0. The second kappa shape index (κ2) is 5.95. The molecular weight excluding hydrogens is 278 g/mol. The third-order valence-electron chi connectivity index (χ3n) is 4.43. The van der Waals surface area contributed by atoms with Crippen molar-refractivity contribution in [2.24, 2.45) is 0 Å². The molecule has 0 unspecified atom stereocenters. The number of cyclic esters (lactones) is 1. The number of hydrogen-bond donors (Lipinski definition) is 0. The molecule has 0 amide bonds. The summed E-state index contributed by atoms with van der Waals surface area (Å²) >= 11 is 0. The van der Waals surface area contributed by atoms with E-state index in [9.17, 15) is 9.59 Å². The number of carbonyl (C=O) groups excluding carboxylic acids is 2. The van der Waals surface area contributed by atoms with Crippen LogP contribution in [0.25, 0.3) is 0 Å². The highest BCUT2D eigenvalue weighted by molar-refractivity contribution is 6.11. The van der Waals surface area contributed by atoms with Crippen LogP contribution in [-0.2, 0) is 14.3 Å². The minimum absolute atomic E-state index is 0.167. The highest BCUT2D eigenvalue weighted by atomic mass is 16.5. The van der Waals surface area contributed by atoms with Gasteiger partial charge >= 0.3 is 5.97 Å². The van der Waals surface area contributed by atoms with E-state index in [1.807, 2.05) is 6.08 Å². The van der Waals surface area contributed by atoms with E-state index in [1.54, 1.807) is 13.0 Å². The maximum Gasteiger partial charge on any atom is 0.339 e. The van der Waals surface area contributed by atoms with Gasteiger partial charge in [0, 0.05) is 36.4 Å². The molecule has 0 fully saturated rings. The van der Waals surface area contributed by atoms with E-state index in [4.69, 9.17) is 4.74 Å². The van der Waals surface area contributed by atoms with Gasteiger partial charge in [0.25, 0.3) is 0 Å². The Kier molecular flexibility index (Phi) is 4.01. The molecule has 4 nitrogen and oxygen atoms in total. The quantitative estimate of drug-likeness (QED) is 0.455. The Balaban J connectivity index is 1.54. The summed E-state index contributed by atoms with van der Waals surface area (Å²) in [5, 5.41) is 0. The molecule has 0 aromatic carbocycles. The fourth-order valence-electron chi connectivity index (χ4n) is 3.24. The van der Waals surface area contributed by atoms with Gasteiger partial charge in [-0.2, -0.15) is 0 Å². The third kappa shape index (κ3) is 2.78. The molecular formula is C18H21NO3. The number of Topliss-reactive ketones (excluding diaryl/α,β-unsaturated/α-hetero) is 1. The van der Waals surface area contributed by atoms with Crippen molar-refractivity contribution in [3.63, 3.8) is 0 Å². The lowest BCUT2D eigenvalue weighted by molar-refractivity contribution is -0.133. The van der Waals surface area contributed by atoms with Crippen LogP contribution in [0.2, 0.25) is 0 Å². The Morgan fingerprint density at radius 1 is 1.41 bits per heavy atom. The molecule has 2 aliphatic heterocycles. The number of allylic oxidation sites excluding steroid dienone is 4. The van der Waals surface area contributed by atoms with Crippen molar-refractivity contribution in [3.8, 4) is 0 Å². The molecule has 1 aliphatic carbocycles. The summed E-state index contributed by atoms with van der Waals surface area (Å²) in [6, 6.07) is 0. The van der Waals surface area contributed by atoms with Gasteiger partial charge in [0.2, 0.25) is 0 Å². The molecule has 22 heavy (non-hydrogen) atoms. The highest BCUT2D eigenvalue weighted by Crippen LogP contribution is 2.35. The predicted octanol–water partition coefficient (Wildman–Crippen LogP) is 3.03. The molecule has 0 spiro atoms. The van der Waals surface area contributed by atoms with Crippen LogP contribution in [0.1, 0.15) is 39.0 Å². The number of ketones is 1. The van der Waals surface area contributed by atoms with Gasteiger partial charge < -0.3 is 9.64 Å². The molecule has 0 aromatic heterocycles. The number of nitrogens with zero attached hydrogens (tertiary/aromatic N) is 1. The highest BCUT2D eigenvalue weighted by Gasteiger charge is 2.31. The van der Waals surface area contributed by atoms with Crippen molar-refractivity contribution in [3.05, 3.63) is 46.9 Å². The van der Waals surface area contributed by atoms with Crippen molar-refractivity contribution in [2.45, 2.75) is 39.0 Å². The van der Waals surface area contributed by atoms with E-state index in [2.05, 4.69) is 11.5 Å². The largest absolute Gasteiger partial charge is 0.424 e. The van der Waals surface area contributed by atoms with Crippen molar-refractivity contribution in [2.75, 3.05) is 13.1 Å². The van der Waals surface area contributed by atoms with E-state index in [0.717, 1.165) is 56.3 Å². The lowest BCUT2D eigenvalue weighted by Gasteiger charge is -2.30. The molecule has 0 atom stereocenters. The van der Waals surface area contributed by atoms with E-state index in [-0.39, 0.29) is 11.8 Å². The van der Waals surface area contributed by atoms with E-state index in [0.29, 0.717) is 11.3 Å². The Morgan fingerprint density at radius 3 is 2.95 bits per heavy atom. The molecule has 116 valence electrons. The van der Waals surface area contributed by atoms with Gasteiger partial charge in [-0.05, 0) is 50.3 Å². The topological polar surface area (TPSA) is 46.6 Å². The Bertz CT molecular complexity index is 637. The smallest absolute Gasteiger partial charge is 0.339 e. The Labute approximate surface area is 130 Å². The number of carbonyl (C=O) groups is 2. The van der Waals surface area contributed by atoms with Gasteiger partial charge in [0.15, 0.2) is 5.78 Å². The first kappa shape index (κ1) is 14.8. The van der Waals surface area contributed by atoms with E-state index in [1.165, 1.54) is 5.70 Å². The fraction of sp³-hybridized carbons (Fsp3) is 0.444. The Morgan fingerprint density at radius 2 is 2.23 bits per heavy atom.